The number of para-hydroxylation sites is 1. The molecule has 2 aromatic rings. The van der Waals surface area contributed by atoms with Crippen LogP contribution in [0.15, 0.2) is 48.5 Å². The van der Waals surface area contributed by atoms with Gasteiger partial charge in [-0.1, -0.05) is 24.3 Å². The second kappa shape index (κ2) is 6.31. The summed E-state index contributed by atoms with van der Waals surface area (Å²) >= 11 is 0. The molecule has 4 rings (SSSR count). The van der Waals surface area contributed by atoms with Crippen molar-refractivity contribution >= 4 is 23.5 Å². The number of carbonyl (C=O) groups excluding carboxylic acids is 3. The fourth-order valence-corrected chi connectivity index (χ4v) is 3.11. The van der Waals surface area contributed by atoms with Gasteiger partial charge in [0.1, 0.15) is 12.1 Å². The monoisotopic (exact) mass is 367 g/mol. The average Bonchev–Trinajstić information content (AvgIpc) is 3.21. The molecule has 1 fully saturated rings. The Kier molecular flexibility index (Phi) is 3.95. The van der Waals surface area contributed by atoms with Crippen molar-refractivity contribution in [2.45, 2.75) is 12.5 Å². The summed E-state index contributed by atoms with van der Waals surface area (Å²) in [6.45, 7) is 1.33. The zero-order valence-electron chi connectivity index (χ0n) is 14.5. The lowest BCUT2D eigenvalue weighted by Gasteiger charge is -2.22. The first-order chi connectivity index (χ1) is 13.0. The molecule has 0 radical (unpaired) electrons. The van der Waals surface area contributed by atoms with E-state index in [1.165, 1.54) is 0 Å². The topological polar surface area (TPSA) is 97.0 Å². The molecule has 27 heavy (non-hydrogen) atoms. The highest BCUT2D eigenvalue weighted by Gasteiger charge is 2.49. The molecule has 138 valence electrons. The number of hydrogen-bond acceptors (Lipinski definition) is 5. The molecular formula is C19H17N3O5. The molecule has 8 nitrogen and oxygen atoms in total. The molecular weight excluding hydrogens is 350 g/mol. The van der Waals surface area contributed by atoms with Gasteiger partial charge in [-0.25, -0.2) is 4.79 Å². The highest BCUT2D eigenvalue weighted by molar-refractivity contribution is 6.10. The molecule has 2 heterocycles. The Labute approximate surface area is 155 Å². The van der Waals surface area contributed by atoms with Gasteiger partial charge in [0.15, 0.2) is 11.5 Å². The highest BCUT2D eigenvalue weighted by atomic mass is 16.7. The van der Waals surface area contributed by atoms with Crippen molar-refractivity contribution in [3.05, 3.63) is 54.1 Å². The van der Waals surface area contributed by atoms with E-state index >= 15 is 0 Å². The second-order valence-electron chi connectivity index (χ2n) is 6.43. The minimum Gasteiger partial charge on any atom is -0.454 e. The number of urea groups is 1. The molecule has 1 saturated heterocycles. The molecule has 4 amide bonds. The standard InChI is InChI=1S/C19H17N3O5/c1-19(12-7-8-14-15(9-12)27-11-26-14)17(24)22(18(25)21-19)10-16(23)20-13-5-3-2-4-6-13/h2-9H,10-11H2,1H3,(H,20,23)(H,21,25)/t19-/m0/s1. The summed E-state index contributed by atoms with van der Waals surface area (Å²) in [6, 6.07) is 13.2. The van der Waals surface area contributed by atoms with Gasteiger partial charge in [0.25, 0.3) is 5.91 Å². The number of carbonyl (C=O) groups is 3. The van der Waals surface area contributed by atoms with Gasteiger partial charge in [-0.3, -0.25) is 14.5 Å². The van der Waals surface area contributed by atoms with E-state index in [1.807, 2.05) is 6.07 Å². The van der Waals surface area contributed by atoms with Crippen LogP contribution < -0.4 is 20.1 Å². The number of ether oxygens (including phenoxy) is 2. The summed E-state index contributed by atoms with van der Waals surface area (Å²) in [4.78, 5) is 38.4. The quantitative estimate of drug-likeness (QED) is 0.804. The molecule has 0 aromatic heterocycles. The van der Waals surface area contributed by atoms with Crippen LogP contribution in [0.1, 0.15) is 12.5 Å². The summed E-state index contributed by atoms with van der Waals surface area (Å²) < 4.78 is 10.6. The molecule has 2 aliphatic heterocycles. The Hall–Kier alpha value is -3.55. The fourth-order valence-electron chi connectivity index (χ4n) is 3.11. The predicted octanol–water partition coefficient (Wildman–Crippen LogP) is 1.82. The summed E-state index contributed by atoms with van der Waals surface area (Å²) in [5.41, 5.74) is -0.144. The van der Waals surface area contributed by atoms with Crippen molar-refractivity contribution in [1.29, 1.82) is 0 Å². The van der Waals surface area contributed by atoms with Crippen LogP contribution in [0.2, 0.25) is 0 Å². The maximum atomic E-state index is 12.9. The summed E-state index contributed by atoms with van der Waals surface area (Å²) in [5.74, 6) is 0.128. The first-order valence-corrected chi connectivity index (χ1v) is 8.36. The molecule has 1 atom stereocenters. The average molecular weight is 367 g/mol. The van der Waals surface area contributed by atoms with E-state index < -0.39 is 23.4 Å². The van der Waals surface area contributed by atoms with Gasteiger partial charge in [-0.05, 0) is 36.8 Å². The van der Waals surface area contributed by atoms with Crippen molar-refractivity contribution in [3.63, 3.8) is 0 Å². The van der Waals surface area contributed by atoms with Crippen LogP contribution in [0.25, 0.3) is 0 Å². The van der Waals surface area contributed by atoms with Crippen molar-refractivity contribution in [2.75, 3.05) is 18.7 Å². The van der Waals surface area contributed by atoms with Gasteiger partial charge >= 0.3 is 6.03 Å². The first-order valence-electron chi connectivity index (χ1n) is 8.36. The van der Waals surface area contributed by atoms with Crippen LogP contribution in [0, 0.1) is 0 Å². The molecule has 0 unspecified atom stereocenters. The number of benzene rings is 2. The van der Waals surface area contributed by atoms with Crippen LogP contribution in [-0.2, 0) is 15.1 Å². The van der Waals surface area contributed by atoms with E-state index in [-0.39, 0.29) is 13.3 Å². The van der Waals surface area contributed by atoms with Crippen molar-refractivity contribution < 1.29 is 23.9 Å². The van der Waals surface area contributed by atoms with E-state index in [0.717, 1.165) is 4.90 Å². The van der Waals surface area contributed by atoms with Crippen molar-refractivity contribution in [3.8, 4) is 11.5 Å². The lowest BCUT2D eigenvalue weighted by Crippen LogP contribution is -2.42. The van der Waals surface area contributed by atoms with Gasteiger partial charge in [0.05, 0.1) is 0 Å². The second-order valence-corrected chi connectivity index (χ2v) is 6.43. The number of anilines is 1. The Morgan fingerprint density at radius 3 is 2.67 bits per heavy atom. The first kappa shape index (κ1) is 16.9. The molecule has 2 aromatic carbocycles. The number of amides is 4. The largest absolute Gasteiger partial charge is 0.454 e. The smallest absolute Gasteiger partial charge is 0.325 e. The molecule has 0 saturated carbocycles. The normalized spacial score (nSPS) is 20.6. The number of fused-ring (bicyclic) bond motifs is 1. The Balaban J connectivity index is 1.52. The lowest BCUT2D eigenvalue weighted by molar-refractivity contribution is -0.133. The third-order valence-corrected chi connectivity index (χ3v) is 4.58. The van der Waals surface area contributed by atoms with Crippen LogP contribution >= 0.6 is 0 Å². The number of nitrogens with zero attached hydrogens (tertiary/aromatic N) is 1. The summed E-state index contributed by atoms with van der Waals surface area (Å²) in [5, 5.41) is 5.33. The third kappa shape index (κ3) is 2.95. The third-order valence-electron chi connectivity index (χ3n) is 4.58. The lowest BCUT2D eigenvalue weighted by atomic mass is 9.91. The van der Waals surface area contributed by atoms with Gasteiger partial charge in [0.2, 0.25) is 12.7 Å². The number of rotatable bonds is 4. The van der Waals surface area contributed by atoms with Gasteiger partial charge < -0.3 is 20.1 Å². The minimum absolute atomic E-state index is 0.113. The zero-order chi connectivity index (χ0) is 19.0. The molecule has 0 spiro atoms. The minimum atomic E-state index is -1.29. The van der Waals surface area contributed by atoms with Gasteiger partial charge in [0, 0.05) is 5.69 Å². The van der Waals surface area contributed by atoms with Crippen molar-refractivity contribution in [2.24, 2.45) is 0 Å². The van der Waals surface area contributed by atoms with E-state index in [2.05, 4.69) is 10.6 Å². The van der Waals surface area contributed by atoms with E-state index in [9.17, 15) is 14.4 Å². The Morgan fingerprint density at radius 1 is 1.15 bits per heavy atom. The number of hydrogen-bond donors (Lipinski definition) is 2. The highest BCUT2D eigenvalue weighted by Crippen LogP contribution is 2.37. The molecule has 2 aliphatic rings. The molecule has 0 bridgehead atoms. The van der Waals surface area contributed by atoms with Crippen LogP contribution in [0.5, 0.6) is 11.5 Å². The van der Waals surface area contributed by atoms with Gasteiger partial charge in [-0.2, -0.15) is 0 Å². The van der Waals surface area contributed by atoms with Crippen LogP contribution in [-0.4, -0.2) is 36.1 Å². The fraction of sp³-hybridized carbons (Fsp3) is 0.211. The van der Waals surface area contributed by atoms with E-state index in [1.54, 1.807) is 49.4 Å². The van der Waals surface area contributed by atoms with E-state index in [0.29, 0.717) is 22.7 Å². The molecule has 0 aliphatic carbocycles. The molecule has 8 heteroatoms. The predicted molar refractivity (Wildman–Crippen MR) is 95.2 cm³/mol. The van der Waals surface area contributed by atoms with E-state index in [4.69, 9.17) is 9.47 Å². The number of imide groups is 1. The SMILES string of the molecule is C[C@@]1(c2ccc3c(c2)OCO3)NC(=O)N(CC(=O)Nc2ccccc2)C1=O. The maximum Gasteiger partial charge on any atom is 0.325 e. The Bertz CT molecular complexity index is 930. The van der Waals surface area contributed by atoms with Crippen LogP contribution in [0.4, 0.5) is 10.5 Å². The zero-order valence-corrected chi connectivity index (χ0v) is 14.5. The van der Waals surface area contributed by atoms with Gasteiger partial charge in [-0.15, -0.1) is 0 Å². The molecule has 2 N–H and O–H groups in total. The Morgan fingerprint density at radius 2 is 1.89 bits per heavy atom. The van der Waals surface area contributed by atoms with Crippen LogP contribution in [0.3, 0.4) is 0 Å². The summed E-state index contributed by atoms with van der Waals surface area (Å²) in [6.07, 6.45) is 0. The maximum absolute atomic E-state index is 12.9. The van der Waals surface area contributed by atoms with Crippen molar-refractivity contribution in [1.82, 2.24) is 10.2 Å². The number of nitrogens with one attached hydrogen (secondary N) is 2. The summed E-state index contributed by atoms with van der Waals surface area (Å²) in [7, 11) is 0.